The molecule has 160 valence electrons. The van der Waals surface area contributed by atoms with Crippen molar-refractivity contribution in [2.45, 2.75) is 57.5 Å². The molecule has 0 radical (unpaired) electrons. The molecule has 1 saturated heterocycles. The first-order valence-corrected chi connectivity index (χ1v) is 10.9. The van der Waals surface area contributed by atoms with E-state index in [9.17, 15) is 19.2 Å². The van der Waals surface area contributed by atoms with Gasteiger partial charge in [0.05, 0.1) is 12.8 Å². The topological polar surface area (TPSA) is 91.1 Å². The molecule has 1 aromatic rings. The average Bonchev–Trinajstić information content (AvgIpc) is 3.28. The Balaban J connectivity index is 1.43. The van der Waals surface area contributed by atoms with Crippen LogP contribution in [-0.4, -0.2) is 57.1 Å². The summed E-state index contributed by atoms with van der Waals surface area (Å²) in [6.45, 7) is 1.66. The van der Waals surface area contributed by atoms with Crippen molar-refractivity contribution in [2.24, 2.45) is 17.8 Å². The largest absolute Gasteiger partial charge is 0.467 e. The lowest BCUT2D eigenvalue weighted by atomic mass is 9.52. The minimum atomic E-state index is -0.918. The van der Waals surface area contributed by atoms with Gasteiger partial charge in [0.25, 0.3) is 0 Å². The first-order valence-electron chi connectivity index (χ1n) is 10.9. The molecule has 5 amide bonds. The lowest BCUT2D eigenvalue weighted by molar-refractivity contribution is -0.155. The van der Waals surface area contributed by atoms with Crippen molar-refractivity contribution in [3.05, 3.63) is 24.2 Å². The average molecular weight is 413 g/mol. The Kier molecular flexibility index (Phi) is 4.48. The van der Waals surface area contributed by atoms with Gasteiger partial charge in [0.1, 0.15) is 12.3 Å². The van der Waals surface area contributed by atoms with Gasteiger partial charge in [0.15, 0.2) is 0 Å². The van der Waals surface area contributed by atoms with Gasteiger partial charge in [0, 0.05) is 12.1 Å². The molecule has 5 fully saturated rings. The van der Waals surface area contributed by atoms with Gasteiger partial charge in [-0.05, 0) is 75.3 Å². The maximum Gasteiger partial charge on any atom is 0.334 e. The molecule has 0 spiro atoms. The summed E-state index contributed by atoms with van der Waals surface area (Å²) in [5.41, 5.74) is -0.251. The van der Waals surface area contributed by atoms with Gasteiger partial charge < -0.3 is 9.32 Å². The van der Waals surface area contributed by atoms with E-state index in [1.54, 1.807) is 19.3 Å². The number of carbonyl (C=O) groups is 4. The van der Waals surface area contributed by atoms with Crippen LogP contribution in [0.25, 0.3) is 0 Å². The van der Waals surface area contributed by atoms with Crippen LogP contribution in [0.3, 0.4) is 0 Å². The minimum absolute atomic E-state index is 0.110. The lowest BCUT2D eigenvalue weighted by Gasteiger charge is -2.60. The van der Waals surface area contributed by atoms with E-state index in [2.05, 4.69) is 0 Å². The lowest BCUT2D eigenvalue weighted by Crippen LogP contribution is -2.62. The minimum Gasteiger partial charge on any atom is -0.467 e. The summed E-state index contributed by atoms with van der Waals surface area (Å²) in [6, 6.07) is 2.93. The number of hydrogen-bond acceptors (Lipinski definition) is 5. The van der Waals surface area contributed by atoms with Crippen LogP contribution in [0.5, 0.6) is 0 Å². The smallest absolute Gasteiger partial charge is 0.334 e. The van der Waals surface area contributed by atoms with Gasteiger partial charge in [-0.2, -0.15) is 0 Å². The molecule has 8 heteroatoms. The van der Waals surface area contributed by atoms with Gasteiger partial charge >= 0.3 is 17.8 Å². The summed E-state index contributed by atoms with van der Waals surface area (Å²) in [5, 5.41) is 0. The molecule has 4 saturated carbocycles. The molecule has 4 aliphatic carbocycles. The highest BCUT2D eigenvalue weighted by Gasteiger charge is 2.55. The molecule has 5 aliphatic rings. The Hall–Kier alpha value is -2.64. The SMILES string of the molecule is CCN1C(=O)C(=O)N(CC(=O)N(Cc2ccco2)C23CC4CC(CC(C4)C2)C3)C1=O. The Morgan fingerprint density at radius 1 is 1.07 bits per heavy atom. The summed E-state index contributed by atoms with van der Waals surface area (Å²) < 4.78 is 5.54. The van der Waals surface area contributed by atoms with Crippen LogP contribution in [0.15, 0.2) is 22.8 Å². The van der Waals surface area contributed by atoms with Crippen LogP contribution in [0.2, 0.25) is 0 Å². The van der Waals surface area contributed by atoms with Crippen LogP contribution in [0.4, 0.5) is 4.79 Å². The summed E-state index contributed by atoms with van der Waals surface area (Å²) in [6.07, 6.45) is 8.21. The maximum atomic E-state index is 13.5. The predicted molar refractivity (Wildman–Crippen MR) is 105 cm³/mol. The van der Waals surface area contributed by atoms with Crippen molar-refractivity contribution in [1.82, 2.24) is 14.7 Å². The fourth-order valence-corrected chi connectivity index (χ4v) is 6.66. The highest BCUT2D eigenvalue weighted by atomic mass is 16.3. The van der Waals surface area contributed by atoms with E-state index in [1.165, 1.54) is 19.3 Å². The molecular formula is C22H27N3O5. The van der Waals surface area contributed by atoms with Crippen molar-refractivity contribution in [1.29, 1.82) is 0 Å². The van der Waals surface area contributed by atoms with Gasteiger partial charge in [0.2, 0.25) is 5.91 Å². The second kappa shape index (κ2) is 6.96. The summed E-state index contributed by atoms with van der Waals surface area (Å²) >= 11 is 0. The predicted octanol–water partition coefficient (Wildman–Crippen LogP) is 2.39. The van der Waals surface area contributed by atoms with Crippen LogP contribution in [0.1, 0.15) is 51.2 Å². The molecule has 1 aliphatic heterocycles. The van der Waals surface area contributed by atoms with Gasteiger partial charge in [-0.25, -0.2) is 9.69 Å². The second-order valence-corrected chi connectivity index (χ2v) is 9.42. The maximum absolute atomic E-state index is 13.5. The first-order chi connectivity index (χ1) is 14.4. The summed E-state index contributed by atoms with van der Waals surface area (Å²) in [4.78, 5) is 54.0. The summed E-state index contributed by atoms with van der Waals surface area (Å²) in [7, 11) is 0. The molecular weight excluding hydrogens is 386 g/mol. The quantitative estimate of drug-likeness (QED) is 0.528. The van der Waals surface area contributed by atoms with E-state index < -0.39 is 24.4 Å². The van der Waals surface area contributed by atoms with Crippen LogP contribution >= 0.6 is 0 Å². The second-order valence-electron chi connectivity index (χ2n) is 9.42. The van der Waals surface area contributed by atoms with Gasteiger partial charge in [-0.3, -0.25) is 19.3 Å². The van der Waals surface area contributed by atoms with Crippen LogP contribution in [-0.2, 0) is 20.9 Å². The number of furan rings is 1. The molecule has 4 bridgehead atoms. The number of imide groups is 2. The standard InChI is InChI=1S/C22H27N3O5/c1-2-23-19(27)20(28)24(21(23)29)13-18(26)25(12-17-4-3-5-30-17)22-9-14-6-15(10-22)8-16(7-14)11-22/h3-5,14-16H,2,6-13H2,1H3. The van der Waals surface area contributed by atoms with Gasteiger partial charge in [-0.15, -0.1) is 0 Å². The summed E-state index contributed by atoms with van der Waals surface area (Å²) in [5.74, 6) is 0.521. The zero-order valence-electron chi connectivity index (χ0n) is 17.2. The van der Waals surface area contributed by atoms with Crippen molar-refractivity contribution >= 4 is 23.8 Å². The zero-order chi connectivity index (χ0) is 21.0. The van der Waals surface area contributed by atoms with E-state index in [1.807, 2.05) is 11.0 Å². The molecule has 0 unspecified atom stereocenters. The molecule has 6 rings (SSSR count). The molecule has 0 N–H and O–H groups in total. The highest BCUT2D eigenvalue weighted by Crippen LogP contribution is 2.58. The third-order valence-electron chi connectivity index (χ3n) is 7.52. The number of hydrogen-bond donors (Lipinski definition) is 0. The first kappa shape index (κ1) is 19.3. The van der Waals surface area contributed by atoms with E-state index in [-0.39, 0.29) is 18.0 Å². The molecule has 1 aromatic heterocycles. The Labute approximate surface area is 175 Å². The van der Waals surface area contributed by atoms with E-state index >= 15 is 0 Å². The van der Waals surface area contributed by atoms with E-state index in [0.29, 0.717) is 30.1 Å². The van der Waals surface area contributed by atoms with Crippen molar-refractivity contribution < 1.29 is 23.6 Å². The van der Waals surface area contributed by atoms with Crippen molar-refractivity contribution in [2.75, 3.05) is 13.1 Å². The molecule has 2 heterocycles. The highest BCUT2D eigenvalue weighted by molar-refractivity contribution is 6.45. The Morgan fingerprint density at radius 2 is 1.67 bits per heavy atom. The molecule has 8 nitrogen and oxygen atoms in total. The van der Waals surface area contributed by atoms with E-state index in [0.717, 1.165) is 29.1 Å². The third-order valence-corrected chi connectivity index (χ3v) is 7.52. The fourth-order valence-electron chi connectivity index (χ4n) is 6.66. The van der Waals surface area contributed by atoms with Crippen LogP contribution in [0, 0.1) is 17.8 Å². The third kappa shape index (κ3) is 2.96. The molecule has 0 aromatic carbocycles. The monoisotopic (exact) mass is 413 g/mol. The number of carbonyl (C=O) groups excluding carboxylic acids is 4. The number of nitrogens with zero attached hydrogens (tertiary/aromatic N) is 3. The fraction of sp³-hybridized carbons (Fsp3) is 0.636. The number of urea groups is 1. The number of rotatable bonds is 6. The van der Waals surface area contributed by atoms with Crippen molar-refractivity contribution in [3.8, 4) is 0 Å². The Morgan fingerprint density at radius 3 is 2.17 bits per heavy atom. The Bertz CT molecular complexity index is 857. The van der Waals surface area contributed by atoms with Crippen molar-refractivity contribution in [3.63, 3.8) is 0 Å². The normalized spacial score (nSPS) is 32.4. The van der Waals surface area contributed by atoms with Gasteiger partial charge in [-0.1, -0.05) is 0 Å². The molecule has 30 heavy (non-hydrogen) atoms. The number of likely N-dealkylation sites (N-methyl/N-ethyl adjacent to an activating group) is 1. The molecule has 0 atom stereocenters. The number of amides is 5. The van der Waals surface area contributed by atoms with E-state index in [4.69, 9.17) is 4.42 Å². The van der Waals surface area contributed by atoms with Crippen LogP contribution < -0.4 is 0 Å². The zero-order valence-corrected chi connectivity index (χ0v) is 17.2.